The summed E-state index contributed by atoms with van der Waals surface area (Å²) in [5, 5.41) is 2.92. The van der Waals surface area contributed by atoms with Gasteiger partial charge in [0.2, 0.25) is 15.9 Å². The van der Waals surface area contributed by atoms with Crippen molar-refractivity contribution in [2.45, 2.75) is 24.8 Å². The van der Waals surface area contributed by atoms with Crippen molar-refractivity contribution in [3.8, 4) is 0 Å². The van der Waals surface area contributed by atoms with E-state index in [9.17, 15) is 13.2 Å². The first kappa shape index (κ1) is 17.3. The lowest BCUT2D eigenvalue weighted by molar-refractivity contribution is -0.119. The van der Waals surface area contributed by atoms with Crippen LogP contribution in [0, 0.1) is 5.92 Å². The SMILES string of the molecule is CC(C)C(Nc1cc(S(=O)(=O)N(C)C)ccc1N)C(N)=O. The van der Waals surface area contributed by atoms with Crippen LogP contribution in [0.2, 0.25) is 0 Å². The molecule has 0 heterocycles. The molecular weight excluding hydrogens is 292 g/mol. The van der Waals surface area contributed by atoms with Gasteiger partial charge in [0.15, 0.2) is 0 Å². The summed E-state index contributed by atoms with van der Waals surface area (Å²) in [6.07, 6.45) is 0. The molecule has 0 saturated heterocycles. The predicted octanol–water partition coefficient (Wildman–Crippen LogP) is 0.441. The molecule has 8 heteroatoms. The molecular formula is C13H22N4O3S. The molecule has 5 N–H and O–H groups in total. The number of carbonyl (C=O) groups is 1. The number of nitrogens with two attached hydrogens (primary N) is 2. The fourth-order valence-corrected chi connectivity index (χ4v) is 2.69. The number of anilines is 2. The summed E-state index contributed by atoms with van der Waals surface area (Å²) in [6, 6.07) is 3.68. The van der Waals surface area contributed by atoms with E-state index in [1.54, 1.807) is 0 Å². The van der Waals surface area contributed by atoms with Crippen LogP contribution in [0.25, 0.3) is 0 Å². The molecule has 0 radical (unpaired) electrons. The summed E-state index contributed by atoms with van der Waals surface area (Å²) < 4.78 is 25.3. The van der Waals surface area contributed by atoms with Crippen molar-refractivity contribution < 1.29 is 13.2 Å². The minimum absolute atomic E-state index is 0.0592. The molecule has 7 nitrogen and oxygen atoms in total. The lowest BCUT2D eigenvalue weighted by atomic mass is 10.0. The van der Waals surface area contributed by atoms with E-state index in [1.165, 1.54) is 32.3 Å². The number of hydrogen-bond acceptors (Lipinski definition) is 5. The fraction of sp³-hybridized carbons (Fsp3) is 0.462. The number of carbonyl (C=O) groups excluding carboxylic acids is 1. The number of primary amides is 1. The number of sulfonamides is 1. The van der Waals surface area contributed by atoms with E-state index >= 15 is 0 Å². The highest BCUT2D eigenvalue weighted by Gasteiger charge is 2.22. The van der Waals surface area contributed by atoms with Crippen molar-refractivity contribution in [1.29, 1.82) is 0 Å². The molecule has 0 bridgehead atoms. The lowest BCUT2D eigenvalue weighted by Gasteiger charge is -2.22. The number of hydrogen-bond donors (Lipinski definition) is 3. The van der Waals surface area contributed by atoms with Gasteiger partial charge in [0.25, 0.3) is 0 Å². The molecule has 0 spiro atoms. The predicted molar refractivity (Wildman–Crippen MR) is 83.2 cm³/mol. The van der Waals surface area contributed by atoms with Gasteiger partial charge in [-0.1, -0.05) is 13.8 Å². The van der Waals surface area contributed by atoms with Crippen molar-refractivity contribution in [3.05, 3.63) is 18.2 Å². The normalized spacial score (nSPS) is 13.4. The molecule has 1 atom stereocenters. The van der Waals surface area contributed by atoms with E-state index < -0.39 is 22.0 Å². The van der Waals surface area contributed by atoms with Crippen LogP contribution in [0.5, 0.6) is 0 Å². The van der Waals surface area contributed by atoms with Crippen LogP contribution >= 0.6 is 0 Å². The number of nitrogens with zero attached hydrogens (tertiary/aromatic N) is 1. The van der Waals surface area contributed by atoms with Gasteiger partial charge in [0.05, 0.1) is 16.3 Å². The Morgan fingerprint density at radius 2 is 1.86 bits per heavy atom. The summed E-state index contributed by atoms with van der Waals surface area (Å²) in [5.41, 5.74) is 11.9. The van der Waals surface area contributed by atoms with Crippen LogP contribution < -0.4 is 16.8 Å². The number of amides is 1. The highest BCUT2D eigenvalue weighted by molar-refractivity contribution is 7.89. The third-order valence-electron chi connectivity index (χ3n) is 3.09. The molecule has 1 amide bonds. The zero-order valence-corrected chi connectivity index (χ0v) is 13.4. The van der Waals surface area contributed by atoms with Gasteiger partial charge in [-0.3, -0.25) is 4.79 Å². The Morgan fingerprint density at radius 3 is 2.29 bits per heavy atom. The average Bonchev–Trinajstić information content (AvgIpc) is 2.36. The Hall–Kier alpha value is -1.80. The Balaban J connectivity index is 3.23. The van der Waals surface area contributed by atoms with Crippen molar-refractivity contribution in [2.75, 3.05) is 25.1 Å². The second kappa shape index (κ2) is 6.31. The molecule has 1 aromatic rings. The van der Waals surface area contributed by atoms with Gasteiger partial charge in [0, 0.05) is 14.1 Å². The van der Waals surface area contributed by atoms with E-state index in [4.69, 9.17) is 11.5 Å². The van der Waals surface area contributed by atoms with Crippen molar-refractivity contribution in [2.24, 2.45) is 11.7 Å². The van der Waals surface area contributed by atoms with Gasteiger partial charge in [0.1, 0.15) is 6.04 Å². The molecule has 1 unspecified atom stereocenters. The van der Waals surface area contributed by atoms with Gasteiger partial charge < -0.3 is 16.8 Å². The summed E-state index contributed by atoms with van der Waals surface area (Å²) in [4.78, 5) is 11.5. The standard InChI is InChI=1S/C13H22N4O3S/c1-8(2)12(13(15)18)16-11-7-9(5-6-10(11)14)21(19,20)17(3)4/h5-8,12,16H,14H2,1-4H3,(H2,15,18). The van der Waals surface area contributed by atoms with Crippen LogP contribution in [0.15, 0.2) is 23.1 Å². The van der Waals surface area contributed by atoms with Gasteiger partial charge in [-0.25, -0.2) is 12.7 Å². The molecule has 0 saturated carbocycles. The molecule has 0 aliphatic heterocycles. The molecule has 1 aromatic carbocycles. The second-order valence-electron chi connectivity index (χ2n) is 5.30. The Morgan fingerprint density at radius 1 is 1.29 bits per heavy atom. The van der Waals surface area contributed by atoms with E-state index in [0.717, 1.165) is 4.31 Å². The first-order chi connectivity index (χ1) is 9.57. The first-order valence-corrected chi connectivity index (χ1v) is 7.89. The van der Waals surface area contributed by atoms with Crippen molar-refractivity contribution in [1.82, 2.24) is 4.31 Å². The summed E-state index contributed by atoms with van der Waals surface area (Å²) in [6.45, 7) is 3.66. The summed E-state index contributed by atoms with van der Waals surface area (Å²) in [7, 11) is -0.684. The Bertz CT molecular complexity index is 626. The lowest BCUT2D eigenvalue weighted by Crippen LogP contribution is -2.39. The fourth-order valence-electron chi connectivity index (χ4n) is 1.77. The van der Waals surface area contributed by atoms with Crippen LogP contribution in [0.1, 0.15) is 13.8 Å². The molecule has 21 heavy (non-hydrogen) atoms. The van der Waals surface area contributed by atoms with Gasteiger partial charge in [-0.2, -0.15) is 0 Å². The highest BCUT2D eigenvalue weighted by atomic mass is 32.2. The Labute approximate surface area is 125 Å². The van der Waals surface area contributed by atoms with E-state index in [0.29, 0.717) is 11.4 Å². The second-order valence-corrected chi connectivity index (χ2v) is 7.46. The first-order valence-electron chi connectivity index (χ1n) is 6.45. The zero-order chi connectivity index (χ0) is 16.4. The highest BCUT2D eigenvalue weighted by Crippen LogP contribution is 2.25. The third-order valence-corrected chi connectivity index (χ3v) is 4.90. The Kier molecular flexibility index (Phi) is 5.19. The number of benzene rings is 1. The largest absolute Gasteiger partial charge is 0.397 e. The minimum Gasteiger partial charge on any atom is -0.397 e. The molecule has 118 valence electrons. The number of nitrogen functional groups attached to an aromatic ring is 1. The molecule has 0 aliphatic carbocycles. The van der Waals surface area contributed by atoms with Crippen LogP contribution in [0.4, 0.5) is 11.4 Å². The van der Waals surface area contributed by atoms with E-state index in [2.05, 4.69) is 5.32 Å². The van der Waals surface area contributed by atoms with E-state index in [-0.39, 0.29) is 10.8 Å². The smallest absolute Gasteiger partial charge is 0.242 e. The van der Waals surface area contributed by atoms with Crippen molar-refractivity contribution in [3.63, 3.8) is 0 Å². The number of rotatable bonds is 6. The third kappa shape index (κ3) is 3.85. The minimum atomic E-state index is -3.57. The van der Waals surface area contributed by atoms with Crippen LogP contribution in [-0.4, -0.2) is 38.8 Å². The quantitative estimate of drug-likeness (QED) is 0.658. The molecule has 0 fully saturated rings. The van der Waals surface area contributed by atoms with Gasteiger partial charge in [-0.05, 0) is 24.1 Å². The monoisotopic (exact) mass is 314 g/mol. The molecule has 0 aromatic heterocycles. The maximum atomic E-state index is 12.1. The topological polar surface area (TPSA) is 119 Å². The summed E-state index contributed by atoms with van der Waals surface area (Å²) >= 11 is 0. The number of nitrogens with one attached hydrogen (secondary N) is 1. The zero-order valence-electron chi connectivity index (χ0n) is 12.6. The van der Waals surface area contributed by atoms with E-state index in [1.807, 2.05) is 13.8 Å². The van der Waals surface area contributed by atoms with Crippen molar-refractivity contribution >= 4 is 27.3 Å². The van der Waals surface area contributed by atoms with Gasteiger partial charge >= 0.3 is 0 Å². The average molecular weight is 314 g/mol. The van der Waals surface area contributed by atoms with Crippen LogP contribution in [0.3, 0.4) is 0 Å². The maximum Gasteiger partial charge on any atom is 0.242 e. The molecule has 0 aliphatic rings. The van der Waals surface area contributed by atoms with Crippen LogP contribution in [-0.2, 0) is 14.8 Å². The molecule has 1 rings (SSSR count). The van der Waals surface area contributed by atoms with Gasteiger partial charge in [-0.15, -0.1) is 0 Å². The summed E-state index contributed by atoms with van der Waals surface area (Å²) in [5.74, 6) is -0.582. The maximum absolute atomic E-state index is 12.1.